The lowest BCUT2D eigenvalue weighted by Crippen LogP contribution is -2.52. The number of hydrazone groups is 1. The quantitative estimate of drug-likeness (QED) is 0.194. The Hall–Kier alpha value is -3.30. The first-order valence-electron chi connectivity index (χ1n) is 14.1. The Balaban J connectivity index is 1.29. The van der Waals surface area contributed by atoms with Crippen LogP contribution < -0.4 is 5.01 Å². The lowest BCUT2D eigenvalue weighted by atomic mass is 9.47. The standard InChI is InChI=1S/C29H36N4O6/c1-16-27-24(30-31(16)25-8-6-19(32(35)36)14-26(25)33(37)38)15-23-21-7-5-18-13-20(39-17(2)34)9-11-28(18,3)22(21)10-12-29(23,27)4/h5-6,8,14,16,20-23,27H,7,9-13,15H2,1-4H3/t16-,20-,21+,22-,23-,27-,28-,29-/m0/s1. The number of carbonyl (C=O) groups is 1. The van der Waals surface area contributed by atoms with E-state index in [1.807, 2.05) is 0 Å². The maximum atomic E-state index is 11.9. The minimum absolute atomic E-state index is 0.0114. The zero-order valence-electron chi connectivity index (χ0n) is 23.0. The number of hydrogen-bond donors (Lipinski definition) is 0. The summed E-state index contributed by atoms with van der Waals surface area (Å²) in [5.74, 6) is 1.64. The van der Waals surface area contributed by atoms with Crippen molar-refractivity contribution in [3.63, 3.8) is 0 Å². The van der Waals surface area contributed by atoms with E-state index in [9.17, 15) is 25.0 Å². The molecule has 208 valence electrons. The molecule has 0 aromatic heterocycles. The van der Waals surface area contributed by atoms with Crippen LogP contribution in [0.3, 0.4) is 0 Å². The molecule has 0 amide bonds. The molecule has 8 atom stereocenters. The third-order valence-corrected chi connectivity index (χ3v) is 11.0. The van der Waals surface area contributed by atoms with Crippen LogP contribution in [0.15, 0.2) is 34.9 Å². The van der Waals surface area contributed by atoms with E-state index in [4.69, 9.17) is 9.84 Å². The van der Waals surface area contributed by atoms with Crippen molar-refractivity contribution in [3.05, 3.63) is 50.1 Å². The summed E-state index contributed by atoms with van der Waals surface area (Å²) in [7, 11) is 0. The van der Waals surface area contributed by atoms with E-state index in [0.717, 1.165) is 56.7 Å². The molecule has 3 saturated carbocycles. The summed E-state index contributed by atoms with van der Waals surface area (Å²) in [5, 5.41) is 29.8. The number of carbonyl (C=O) groups excluding carboxylic acids is 1. The monoisotopic (exact) mass is 536 g/mol. The van der Waals surface area contributed by atoms with Crippen LogP contribution in [0, 0.1) is 54.7 Å². The van der Waals surface area contributed by atoms with Crippen LogP contribution >= 0.6 is 0 Å². The minimum atomic E-state index is -0.609. The summed E-state index contributed by atoms with van der Waals surface area (Å²) in [6.07, 6.45) is 9.37. The Morgan fingerprint density at radius 3 is 2.56 bits per heavy atom. The molecule has 3 fully saturated rings. The van der Waals surface area contributed by atoms with Crippen LogP contribution in [0.2, 0.25) is 0 Å². The first-order chi connectivity index (χ1) is 18.4. The lowest BCUT2D eigenvalue weighted by Gasteiger charge is -2.58. The highest BCUT2D eigenvalue weighted by molar-refractivity contribution is 5.94. The average Bonchev–Trinajstić information content (AvgIpc) is 3.37. The third-order valence-electron chi connectivity index (χ3n) is 11.0. The van der Waals surface area contributed by atoms with Gasteiger partial charge in [-0.25, -0.2) is 0 Å². The normalized spacial score (nSPS) is 38.5. The number of esters is 1. The Kier molecular flexibility index (Phi) is 5.89. The molecule has 0 radical (unpaired) electrons. The molecule has 1 heterocycles. The Morgan fingerprint density at radius 2 is 1.87 bits per heavy atom. The second-order valence-corrected chi connectivity index (χ2v) is 12.8. The molecule has 10 nitrogen and oxygen atoms in total. The zero-order valence-corrected chi connectivity index (χ0v) is 23.0. The SMILES string of the molecule is CC(=O)O[C@H]1CC[C@@]2(C)C(=CC[C@H]3[C@@H]4CC5=NN(c6ccc([N+](=O)[O-])cc6[N+](=O)[O-])[C@@H](C)[C@@H]5[C@@]4(C)CC[C@@H]32)C1. The molecule has 0 bridgehead atoms. The number of nitro groups is 2. The summed E-state index contributed by atoms with van der Waals surface area (Å²) < 4.78 is 5.58. The van der Waals surface area contributed by atoms with E-state index in [1.54, 1.807) is 5.01 Å². The van der Waals surface area contributed by atoms with Crippen molar-refractivity contribution in [2.24, 2.45) is 39.6 Å². The van der Waals surface area contributed by atoms with E-state index in [-0.39, 0.29) is 46.2 Å². The van der Waals surface area contributed by atoms with Crippen LogP contribution in [-0.2, 0) is 9.53 Å². The van der Waals surface area contributed by atoms with Gasteiger partial charge in [0.05, 0.1) is 22.0 Å². The molecule has 4 aliphatic carbocycles. The van der Waals surface area contributed by atoms with Gasteiger partial charge < -0.3 is 4.74 Å². The molecule has 1 aromatic rings. The fraction of sp³-hybridized carbons (Fsp3) is 0.655. The number of benzene rings is 1. The van der Waals surface area contributed by atoms with Gasteiger partial charge in [-0.05, 0) is 80.1 Å². The average molecular weight is 537 g/mol. The van der Waals surface area contributed by atoms with E-state index < -0.39 is 9.85 Å². The predicted molar refractivity (Wildman–Crippen MR) is 145 cm³/mol. The first-order valence-corrected chi connectivity index (χ1v) is 14.1. The molecule has 0 saturated heterocycles. The van der Waals surface area contributed by atoms with Crippen LogP contribution in [0.25, 0.3) is 0 Å². The van der Waals surface area contributed by atoms with E-state index in [1.165, 1.54) is 24.6 Å². The summed E-state index contributed by atoms with van der Waals surface area (Å²) in [6.45, 7) is 8.39. The largest absolute Gasteiger partial charge is 0.462 e. The van der Waals surface area contributed by atoms with Crippen LogP contribution in [0.1, 0.15) is 72.6 Å². The van der Waals surface area contributed by atoms with Crippen molar-refractivity contribution >= 4 is 28.7 Å². The van der Waals surface area contributed by atoms with Gasteiger partial charge in [-0.1, -0.05) is 25.5 Å². The summed E-state index contributed by atoms with van der Waals surface area (Å²) in [6, 6.07) is 3.75. The van der Waals surface area contributed by atoms with Gasteiger partial charge >= 0.3 is 11.7 Å². The zero-order chi connectivity index (χ0) is 27.9. The fourth-order valence-corrected chi connectivity index (χ4v) is 9.36. The summed E-state index contributed by atoms with van der Waals surface area (Å²) in [4.78, 5) is 33.5. The first kappa shape index (κ1) is 26.0. The number of hydrogen-bond acceptors (Lipinski definition) is 8. The van der Waals surface area contributed by atoms with Gasteiger partial charge in [0.25, 0.3) is 5.69 Å². The van der Waals surface area contributed by atoms with Crippen LogP contribution in [-0.4, -0.2) is 33.7 Å². The molecule has 0 unspecified atom stereocenters. The van der Waals surface area contributed by atoms with Crippen molar-refractivity contribution in [1.82, 2.24) is 0 Å². The topological polar surface area (TPSA) is 128 Å². The van der Waals surface area contributed by atoms with Gasteiger partial charge in [-0.3, -0.25) is 30.0 Å². The Labute approximate surface area is 227 Å². The van der Waals surface area contributed by atoms with Crippen molar-refractivity contribution in [1.29, 1.82) is 0 Å². The second kappa shape index (κ2) is 8.86. The molecule has 10 heteroatoms. The lowest BCUT2D eigenvalue weighted by molar-refractivity contribution is -0.393. The molecule has 6 rings (SSSR count). The summed E-state index contributed by atoms with van der Waals surface area (Å²) >= 11 is 0. The third kappa shape index (κ3) is 3.81. The molecular weight excluding hydrogens is 500 g/mol. The number of anilines is 1. The van der Waals surface area contributed by atoms with Gasteiger partial charge in [0.15, 0.2) is 0 Å². The fourth-order valence-electron chi connectivity index (χ4n) is 9.36. The molecule has 5 aliphatic rings. The van der Waals surface area contributed by atoms with Gasteiger partial charge in [-0.2, -0.15) is 5.10 Å². The van der Waals surface area contributed by atoms with E-state index in [2.05, 4.69) is 26.8 Å². The Morgan fingerprint density at radius 1 is 1.10 bits per heavy atom. The van der Waals surface area contributed by atoms with Crippen LogP contribution in [0.5, 0.6) is 0 Å². The number of fused-ring (bicyclic) bond motifs is 7. The number of rotatable bonds is 4. The Bertz CT molecular complexity index is 1320. The van der Waals surface area contributed by atoms with Gasteiger partial charge in [0, 0.05) is 31.0 Å². The molecular formula is C29H36N4O6. The highest BCUT2D eigenvalue weighted by Gasteiger charge is 2.63. The maximum absolute atomic E-state index is 11.9. The highest BCUT2D eigenvalue weighted by atomic mass is 16.6. The molecule has 39 heavy (non-hydrogen) atoms. The van der Waals surface area contributed by atoms with E-state index in [0.29, 0.717) is 23.4 Å². The van der Waals surface area contributed by atoms with Crippen LogP contribution in [0.4, 0.5) is 17.1 Å². The van der Waals surface area contributed by atoms with Gasteiger partial charge in [0.2, 0.25) is 0 Å². The highest BCUT2D eigenvalue weighted by Crippen LogP contribution is 2.67. The molecule has 0 spiro atoms. The van der Waals surface area contributed by atoms with Crippen molar-refractivity contribution in [2.75, 3.05) is 5.01 Å². The van der Waals surface area contributed by atoms with Crippen molar-refractivity contribution in [3.8, 4) is 0 Å². The number of nitro benzene ring substituents is 2. The number of non-ortho nitro benzene ring substituents is 1. The smallest absolute Gasteiger partial charge is 0.302 e. The predicted octanol–water partition coefficient (Wildman–Crippen LogP) is 6.19. The number of ether oxygens (including phenoxy) is 1. The second-order valence-electron chi connectivity index (χ2n) is 12.8. The number of nitrogens with zero attached hydrogens (tertiary/aromatic N) is 4. The maximum Gasteiger partial charge on any atom is 0.302 e. The van der Waals surface area contributed by atoms with E-state index >= 15 is 0 Å². The van der Waals surface area contributed by atoms with Gasteiger partial charge in [0.1, 0.15) is 11.8 Å². The summed E-state index contributed by atoms with van der Waals surface area (Å²) in [5.41, 5.74) is 2.49. The molecule has 1 aromatic carbocycles. The van der Waals surface area contributed by atoms with Gasteiger partial charge in [-0.15, -0.1) is 0 Å². The molecule has 0 N–H and O–H groups in total. The molecule has 1 aliphatic heterocycles. The minimum Gasteiger partial charge on any atom is -0.462 e. The number of allylic oxidation sites excluding steroid dienone is 1. The van der Waals surface area contributed by atoms with Crippen molar-refractivity contribution in [2.45, 2.75) is 84.8 Å². The van der Waals surface area contributed by atoms with Crippen molar-refractivity contribution < 1.29 is 19.4 Å².